The lowest BCUT2D eigenvalue weighted by Crippen LogP contribution is -2.41. The first-order valence-electron chi connectivity index (χ1n) is 29.7. The highest BCUT2D eigenvalue weighted by atomic mass is 79.9. The van der Waals surface area contributed by atoms with Crippen LogP contribution in [0.3, 0.4) is 0 Å². The first-order chi connectivity index (χ1) is 43.4. The van der Waals surface area contributed by atoms with Crippen LogP contribution in [0.15, 0.2) is 162 Å². The first kappa shape index (κ1) is 69.0. The molecule has 0 amide bonds. The van der Waals surface area contributed by atoms with Gasteiger partial charge in [0.25, 0.3) is 0 Å². The van der Waals surface area contributed by atoms with Gasteiger partial charge in [0.05, 0.1) is 92.4 Å². The van der Waals surface area contributed by atoms with Gasteiger partial charge in [-0.3, -0.25) is 0 Å². The van der Waals surface area contributed by atoms with Crippen molar-refractivity contribution in [2.24, 2.45) is 0 Å². The molecule has 20 heteroatoms. The molecule has 16 nitrogen and oxygen atoms in total. The van der Waals surface area contributed by atoms with Gasteiger partial charge in [-0.1, -0.05) is 107 Å². The van der Waals surface area contributed by atoms with E-state index in [2.05, 4.69) is 164 Å². The van der Waals surface area contributed by atoms with E-state index in [1.807, 2.05) is 112 Å². The van der Waals surface area contributed by atoms with E-state index in [1.54, 1.807) is 40.6 Å². The zero-order valence-corrected chi connectivity index (χ0v) is 59.2. The molecule has 1 saturated heterocycles. The van der Waals surface area contributed by atoms with Crippen molar-refractivity contribution < 1.29 is 37.3 Å². The highest BCUT2D eigenvalue weighted by molar-refractivity contribution is 9.11. The molecule has 0 saturated carbocycles. The summed E-state index contributed by atoms with van der Waals surface area (Å²) in [5, 5.41) is 8.01. The van der Waals surface area contributed by atoms with Gasteiger partial charge in [0.15, 0.2) is 17.2 Å². The molecule has 11 aromatic rings. The fraction of sp³-hybridized carbons (Fsp3) is 0.296. The third-order valence-corrected chi connectivity index (χ3v) is 18.1. The van der Waals surface area contributed by atoms with Crippen LogP contribution < -0.4 is 35.9 Å². The summed E-state index contributed by atoms with van der Waals surface area (Å²) < 4.78 is 51.5. The number of benzene rings is 7. The largest absolute Gasteiger partial charge is 0.500 e. The van der Waals surface area contributed by atoms with Crippen LogP contribution in [0.1, 0.15) is 90.1 Å². The number of imidazole rings is 2. The van der Waals surface area contributed by atoms with Crippen molar-refractivity contribution in [3.63, 3.8) is 0 Å². The smallest absolute Gasteiger partial charge is 0.495 e. The second kappa shape index (κ2) is 30.5. The SMILES string of the molecule is COc1c(-c2c(C)noc2C)ccc2nc(C)n(Cc3ccccc3)c12.COc1c(Br)ccc(C)c1CCc1ccccc1.COc1c(Br)ccc(N)c1N.COc1c(Br)ccc2nc(C)n(Cc3ccccc3)c12.Cc1noc(C)c1B1OC(C)(C)C(C)(C)O1. The summed E-state index contributed by atoms with van der Waals surface area (Å²) in [5.74, 6) is 6.67. The van der Waals surface area contributed by atoms with Crippen LogP contribution in [0.5, 0.6) is 23.0 Å². The maximum atomic E-state index is 5.95. The third kappa shape index (κ3) is 15.9. The highest BCUT2D eigenvalue weighted by Gasteiger charge is 2.53. The number of nitrogen functional groups attached to an aromatic ring is 2. The molecule has 0 radical (unpaired) electrons. The predicted molar refractivity (Wildman–Crippen MR) is 376 cm³/mol. The van der Waals surface area contributed by atoms with Crippen LogP contribution >= 0.6 is 47.8 Å². The Kier molecular flexibility index (Phi) is 23.1. The molecule has 1 aliphatic rings. The van der Waals surface area contributed by atoms with Gasteiger partial charge in [0.1, 0.15) is 40.0 Å². The minimum Gasteiger partial charge on any atom is -0.495 e. The molecule has 0 bridgehead atoms. The summed E-state index contributed by atoms with van der Waals surface area (Å²) in [4.78, 5) is 9.35. The van der Waals surface area contributed by atoms with Gasteiger partial charge in [-0.25, -0.2) is 9.97 Å². The summed E-state index contributed by atoms with van der Waals surface area (Å²) in [5.41, 5.74) is 26.4. The van der Waals surface area contributed by atoms with Gasteiger partial charge in [-0.2, -0.15) is 0 Å². The van der Waals surface area contributed by atoms with Crippen LogP contribution in [-0.4, -0.2) is 76.2 Å². The number of ether oxygens (including phenoxy) is 4. The Bertz CT molecular complexity index is 4190. The number of nitrogens with zero attached hydrogens (tertiary/aromatic N) is 6. The van der Waals surface area contributed by atoms with Crippen molar-refractivity contribution in [1.29, 1.82) is 0 Å². The van der Waals surface area contributed by atoms with Crippen molar-refractivity contribution in [2.75, 3.05) is 39.9 Å². The first-order valence-corrected chi connectivity index (χ1v) is 32.1. The lowest BCUT2D eigenvalue weighted by Gasteiger charge is -2.32. The van der Waals surface area contributed by atoms with Crippen molar-refractivity contribution in [3.8, 4) is 34.1 Å². The summed E-state index contributed by atoms with van der Waals surface area (Å²) in [6, 6.07) is 47.0. The molecule has 0 aliphatic carbocycles. The van der Waals surface area contributed by atoms with Gasteiger partial charge in [0, 0.05) is 24.1 Å². The molecule has 0 unspecified atom stereocenters. The summed E-state index contributed by atoms with van der Waals surface area (Å²) in [6.07, 6.45) is 2.03. The van der Waals surface area contributed by atoms with Crippen molar-refractivity contribution in [2.45, 2.75) is 113 Å². The highest BCUT2D eigenvalue weighted by Crippen LogP contribution is 2.42. The molecule has 4 N–H and O–H groups in total. The number of aryl methyl sites for hydroxylation is 8. The van der Waals surface area contributed by atoms with Crippen molar-refractivity contribution in [1.82, 2.24) is 29.4 Å². The molecule has 5 heterocycles. The Labute approximate surface area is 559 Å². The van der Waals surface area contributed by atoms with E-state index in [9.17, 15) is 0 Å². The van der Waals surface area contributed by atoms with E-state index in [-0.39, 0.29) is 18.3 Å². The van der Waals surface area contributed by atoms with Gasteiger partial charge < -0.3 is 57.9 Å². The fourth-order valence-electron chi connectivity index (χ4n) is 10.7. The number of halogens is 3. The molecule has 0 spiro atoms. The van der Waals surface area contributed by atoms with Gasteiger partial charge in [0.2, 0.25) is 0 Å². The van der Waals surface area contributed by atoms with Gasteiger partial charge in [-0.05, 0) is 207 Å². The number of anilines is 2. The molecule has 7 aromatic carbocycles. The van der Waals surface area contributed by atoms with E-state index in [0.717, 1.165) is 130 Å². The quantitative estimate of drug-likeness (QED) is 0.0817. The van der Waals surface area contributed by atoms with Crippen LogP contribution in [0.25, 0.3) is 33.2 Å². The minimum absolute atomic E-state index is 0.326. The number of methoxy groups -OCH3 is 4. The molecule has 476 valence electrons. The molecular formula is C71H80BBr3N8O8. The minimum atomic E-state index is -0.378. The standard InChI is InChI=1S/C21H21N3O2.C16H15BrN2O.C16H17BrO.C11H18BNO3.C7H9BrN2O/c1-13-19(14(2)26-23-13)17-10-11-18-20(21(17)25-4)24(15(3)22-18)12-16-8-6-5-7-9-16;1-11-18-14-9-8-13(17)16(20-2)15(14)19(11)10-12-6-4-3-5-7-12;1-12-8-11-15(17)16(18-2)14(12)10-9-13-6-4-3-5-7-13;1-7-9(8(2)14-13-7)12-15-10(3,4)11(5,6)16-12;1-11-7-4(8)2-3-5(9)6(7)10/h5-11H,12H2,1-4H3;3-9H,10H2,1-2H3;3-8,11H,9-10H2,1-2H3;1-6H3;2-3H,9-10H2,1H3. The van der Waals surface area contributed by atoms with E-state index < -0.39 is 0 Å². The maximum absolute atomic E-state index is 5.95. The molecule has 91 heavy (non-hydrogen) atoms. The number of fused-ring (bicyclic) bond motifs is 2. The molecule has 12 rings (SSSR count). The van der Waals surface area contributed by atoms with E-state index in [1.165, 1.54) is 27.8 Å². The Morgan fingerprint density at radius 1 is 0.484 bits per heavy atom. The molecule has 1 aliphatic heterocycles. The predicted octanol–water partition coefficient (Wildman–Crippen LogP) is 16.6. The van der Waals surface area contributed by atoms with E-state index in [4.69, 9.17) is 53.8 Å². The Hall–Kier alpha value is -7.88. The molecule has 4 aromatic heterocycles. The van der Waals surface area contributed by atoms with Crippen LogP contribution in [0.2, 0.25) is 0 Å². The number of hydrogen-bond acceptors (Lipinski definition) is 14. The zero-order valence-electron chi connectivity index (χ0n) is 54.4. The van der Waals surface area contributed by atoms with Crippen LogP contribution in [-0.2, 0) is 35.2 Å². The Morgan fingerprint density at radius 2 is 0.923 bits per heavy atom. The molecular weight excluding hydrogens is 1340 g/mol. The number of hydrogen-bond donors (Lipinski definition) is 2. The third-order valence-electron chi connectivity index (χ3n) is 16.3. The zero-order chi connectivity index (χ0) is 65.9. The van der Waals surface area contributed by atoms with Crippen LogP contribution in [0.4, 0.5) is 11.4 Å². The fourth-order valence-corrected chi connectivity index (χ4v) is 12.2. The molecule has 1 fully saturated rings. The summed E-state index contributed by atoms with van der Waals surface area (Å²) in [7, 11) is 6.29. The Morgan fingerprint density at radius 3 is 1.40 bits per heavy atom. The lowest BCUT2D eigenvalue weighted by atomic mass is 9.77. The van der Waals surface area contributed by atoms with E-state index >= 15 is 0 Å². The number of aromatic nitrogens is 6. The summed E-state index contributed by atoms with van der Waals surface area (Å²) in [6.45, 7) is 23.5. The Balaban J connectivity index is 0.000000150. The number of rotatable bonds is 13. The van der Waals surface area contributed by atoms with E-state index in [0.29, 0.717) is 17.1 Å². The van der Waals surface area contributed by atoms with Crippen LogP contribution in [0, 0.1) is 48.5 Å². The van der Waals surface area contributed by atoms with Gasteiger partial charge >= 0.3 is 7.12 Å². The monoisotopic (exact) mass is 1420 g/mol. The van der Waals surface area contributed by atoms with Gasteiger partial charge in [-0.15, -0.1) is 0 Å². The topological polar surface area (TPSA) is 195 Å². The average molecular weight is 1420 g/mol. The lowest BCUT2D eigenvalue weighted by molar-refractivity contribution is 0.00578. The average Bonchev–Trinajstić information content (AvgIpc) is 1.67. The second-order valence-corrected chi connectivity index (χ2v) is 25.5. The normalized spacial score (nSPS) is 12.8. The summed E-state index contributed by atoms with van der Waals surface area (Å²) >= 11 is 10.4. The van der Waals surface area contributed by atoms with Crippen molar-refractivity contribution >= 4 is 93.8 Å². The maximum Gasteiger partial charge on any atom is 0.500 e. The van der Waals surface area contributed by atoms with Crippen molar-refractivity contribution in [3.05, 3.63) is 215 Å². The number of nitrogens with two attached hydrogens (primary N) is 2. The molecule has 0 atom stereocenters. The second-order valence-electron chi connectivity index (χ2n) is 22.9.